The van der Waals surface area contributed by atoms with E-state index in [1.165, 1.54) is 0 Å². The number of nitrogens with one attached hydrogen (secondary N) is 1. The lowest BCUT2D eigenvalue weighted by Crippen LogP contribution is -2.18. The van der Waals surface area contributed by atoms with Crippen molar-refractivity contribution in [1.29, 1.82) is 0 Å². The van der Waals surface area contributed by atoms with E-state index in [4.69, 9.17) is 15.0 Å². The molecule has 0 atom stereocenters. The monoisotopic (exact) mass is 476 g/mol. The maximum absolute atomic E-state index is 11.0. The molecule has 2 aromatic rings. The van der Waals surface area contributed by atoms with Crippen LogP contribution in [0.5, 0.6) is 5.75 Å². The molecule has 0 aliphatic heterocycles. The first-order chi connectivity index (χ1) is 14.2. The molecule has 0 bridgehead atoms. The lowest BCUT2D eigenvalue weighted by Gasteiger charge is -2.28. The Hall–Kier alpha value is -1.47. The van der Waals surface area contributed by atoms with E-state index in [1.807, 2.05) is 12.1 Å². The minimum atomic E-state index is -0.207. The second-order valence-corrected chi connectivity index (χ2v) is 15.8. The van der Waals surface area contributed by atoms with Crippen molar-refractivity contribution in [3.05, 3.63) is 23.3 Å². The van der Waals surface area contributed by atoms with Crippen LogP contribution in [0, 0.1) is 0 Å². The minimum absolute atomic E-state index is 0.0142. The summed E-state index contributed by atoms with van der Waals surface area (Å²) in [7, 11) is 0. The average molecular weight is 477 g/mol. The normalized spacial score (nSPS) is 13.4. The highest BCUT2D eigenvalue weighted by Crippen LogP contribution is 2.42. The van der Waals surface area contributed by atoms with Gasteiger partial charge in [-0.2, -0.15) is 15.0 Å². The molecule has 0 spiro atoms. The van der Waals surface area contributed by atoms with E-state index < -0.39 is 0 Å². The topological polar surface area (TPSA) is 70.9 Å². The number of hydrogen-bond donors (Lipinski definition) is 2. The maximum Gasteiger partial charge on any atom is 0.232 e. The van der Waals surface area contributed by atoms with Crippen LogP contribution < -0.4 is 5.32 Å². The molecular weight excluding hydrogens is 436 g/mol. The molecule has 1 aromatic carbocycles. The summed E-state index contributed by atoms with van der Waals surface area (Å²) in [4.78, 5) is 14.1. The van der Waals surface area contributed by atoms with E-state index >= 15 is 0 Å². The first kappa shape index (κ1) is 26.8. The van der Waals surface area contributed by atoms with Crippen LogP contribution in [0.25, 0.3) is 0 Å². The van der Waals surface area contributed by atoms with Gasteiger partial charge in [-0.3, -0.25) is 0 Å². The Labute approximate surface area is 203 Å². The highest BCUT2D eigenvalue weighted by Gasteiger charge is 2.27. The highest BCUT2D eigenvalue weighted by molar-refractivity contribution is 8.01. The number of aromatic hydroxyl groups is 1. The fourth-order valence-electron chi connectivity index (χ4n) is 3.01. The molecule has 5 nitrogen and oxygen atoms in total. The van der Waals surface area contributed by atoms with Crippen LogP contribution in [-0.2, 0) is 10.8 Å². The fourth-order valence-corrected chi connectivity index (χ4v) is 4.69. The lowest BCUT2D eigenvalue weighted by molar-refractivity contribution is 0.423. The molecule has 0 aliphatic carbocycles. The first-order valence-electron chi connectivity index (χ1n) is 11.0. The number of hydrogen-bond acceptors (Lipinski definition) is 7. The predicted octanol–water partition coefficient (Wildman–Crippen LogP) is 7.70. The Morgan fingerprint density at radius 1 is 0.656 bits per heavy atom. The van der Waals surface area contributed by atoms with Gasteiger partial charge in [0.15, 0.2) is 10.3 Å². The molecule has 2 N–H and O–H groups in total. The Bertz CT molecular complexity index is 893. The third-order valence-corrected chi connectivity index (χ3v) is 6.33. The van der Waals surface area contributed by atoms with Crippen molar-refractivity contribution < 1.29 is 5.11 Å². The predicted molar refractivity (Wildman–Crippen MR) is 140 cm³/mol. The van der Waals surface area contributed by atoms with E-state index in [0.717, 1.165) is 16.8 Å². The summed E-state index contributed by atoms with van der Waals surface area (Å²) in [6, 6.07) is 4.00. The quantitative estimate of drug-likeness (QED) is 0.346. The smallest absolute Gasteiger partial charge is 0.232 e. The Balaban J connectivity index is 2.59. The standard InChI is InChI=1S/C25H40N4OS2/c1-22(2,3)16-13-15(14-17(18(16)30)23(4,5)6)26-19-27-20(31-24(7,8)9)29-21(28-19)32-25(10,11)12/h13-14,30H,1-12H3,(H,26,27,28,29). The number of anilines is 2. The van der Waals surface area contributed by atoms with Crippen LogP contribution >= 0.6 is 23.5 Å². The molecule has 178 valence electrons. The van der Waals surface area contributed by atoms with Crippen molar-refractivity contribution in [2.24, 2.45) is 0 Å². The maximum atomic E-state index is 11.0. The van der Waals surface area contributed by atoms with Gasteiger partial charge in [-0.05, 0) is 23.0 Å². The van der Waals surface area contributed by atoms with Gasteiger partial charge < -0.3 is 10.4 Å². The molecule has 0 saturated heterocycles. The zero-order valence-electron chi connectivity index (χ0n) is 21.8. The molecule has 0 aliphatic rings. The number of benzene rings is 1. The van der Waals surface area contributed by atoms with E-state index in [1.54, 1.807) is 23.5 Å². The van der Waals surface area contributed by atoms with Gasteiger partial charge in [-0.15, -0.1) is 0 Å². The minimum Gasteiger partial charge on any atom is -0.507 e. The van der Waals surface area contributed by atoms with E-state index in [9.17, 15) is 5.11 Å². The van der Waals surface area contributed by atoms with Gasteiger partial charge >= 0.3 is 0 Å². The van der Waals surface area contributed by atoms with Crippen molar-refractivity contribution in [2.45, 2.75) is 114 Å². The summed E-state index contributed by atoms with van der Waals surface area (Å²) in [6.07, 6.45) is 0. The highest BCUT2D eigenvalue weighted by atomic mass is 32.2. The number of rotatable bonds is 4. The summed E-state index contributed by atoms with van der Waals surface area (Å²) >= 11 is 3.25. The molecule has 0 saturated carbocycles. The van der Waals surface area contributed by atoms with Gasteiger partial charge in [-0.1, -0.05) is 107 Å². The Morgan fingerprint density at radius 2 is 1.03 bits per heavy atom. The van der Waals surface area contributed by atoms with Gasteiger partial charge in [0.2, 0.25) is 5.95 Å². The summed E-state index contributed by atoms with van der Waals surface area (Å²) < 4.78 is -0.0285. The molecule has 0 fully saturated rings. The van der Waals surface area contributed by atoms with E-state index in [2.05, 4.69) is 88.4 Å². The van der Waals surface area contributed by atoms with E-state index in [-0.39, 0.29) is 20.3 Å². The van der Waals surface area contributed by atoms with Gasteiger partial charge in [-0.25, -0.2) is 0 Å². The van der Waals surface area contributed by atoms with Gasteiger partial charge in [0.05, 0.1) is 0 Å². The second kappa shape index (κ2) is 9.05. The van der Waals surface area contributed by atoms with Crippen LogP contribution in [0.1, 0.15) is 94.2 Å². The van der Waals surface area contributed by atoms with Crippen LogP contribution in [0.15, 0.2) is 22.4 Å². The number of phenols is 1. The van der Waals surface area contributed by atoms with Gasteiger partial charge in [0.1, 0.15) is 5.75 Å². The summed E-state index contributed by atoms with van der Waals surface area (Å²) in [6.45, 7) is 25.5. The molecule has 0 radical (unpaired) electrons. The molecule has 1 heterocycles. The molecule has 0 unspecified atom stereocenters. The van der Waals surface area contributed by atoms with Crippen LogP contribution in [0.4, 0.5) is 11.6 Å². The largest absolute Gasteiger partial charge is 0.507 e. The number of thioether (sulfide) groups is 2. The Morgan fingerprint density at radius 3 is 1.34 bits per heavy atom. The van der Waals surface area contributed by atoms with Crippen molar-refractivity contribution in [3.63, 3.8) is 0 Å². The van der Waals surface area contributed by atoms with Crippen molar-refractivity contribution >= 4 is 35.2 Å². The van der Waals surface area contributed by atoms with Crippen LogP contribution in [0.2, 0.25) is 0 Å². The molecular formula is C25H40N4OS2. The van der Waals surface area contributed by atoms with Crippen LogP contribution in [0.3, 0.4) is 0 Å². The zero-order chi connectivity index (χ0) is 24.7. The number of aromatic nitrogens is 3. The molecule has 0 amide bonds. The second-order valence-electron chi connectivity index (χ2n) is 12.2. The SMILES string of the molecule is CC(C)(C)Sc1nc(Nc2cc(C(C)(C)C)c(O)c(C(C)(C)C)c2)nc(SC(C)(C)C)n1. The number of phenolic OH excluding ortho intramolecular Hbond substituents is 1. The molecule has 7 heteroatoms. The molecule has 1 aromatic heterocycles. The van der Waals surface area contributed by atoms with E-state index in [0.29, 0.717) is 22.0 Å². The summed E-state index contributed by atoms with van der Waals surface area (Å²) in [5, 5.41) is 15.8. The van der Waals surface area contributed by atoms with Gasteiger partial charge in [0.25, 0.3) is 0 Å². The average Bonchev–Trinajstić information content (AvgIpc) is 2.50. The zero-order valence-corrected chi connectivity index (χ0v) is 23.4. The molecule has 32 heavy (non-hydrogen) atoms. The third kappa shape index (κ3) is 7.84. The number of nitrogens with zero attached hydrogens (tertiary/aromatic N) is 3. The lowest BCUT2D eigenvalue weighted by atomic mass is 9.79. The third-order valence-electron chi connectivity index (χ3n) is 4.37. The van der Waals surface area contributed by atoms with Crippen molar-refractivity contribution in [3.8, 4) is 5.75 Å². The summed E-state index contributed by atoms with van der Waals surface area (Å²) in [5.41, 5.74) is 2.25. The summed E-state index contributed by atoms with van der Waals surface area (Å²) in [5.74, 6) is 0.878. The fraction of sp³-hybridized carbons (Fsp3) is 0.640. The van der Waals surface area contributed by atoms with Crippen molar-refractivity contribution in [1.82, 2.24) is 15.0 Å². The Kier molecular flexibility index (Phi) is 7.58. The van der Waals surface area contributed by atoms with Gasteiger partial charge in [0, 0.05) is 26.3 Å². The first-order valence-corrected chi connectivity index (χ1v) is 12.7. The van der Waals surface area contributed by atoms with Crippen molar-refractivity contribution in [2.75, 3.05) is 5.32 Å². The molecule has 2 rings (SSSR count). The van der Waals surface area contributed by atoms with Crippen LogP contribution in [-0.4, -0.2) is 29.6 Å².